The van der Waals surface area contributed by atoms with Crippen LogP contribution in [0.15, 0.2) is 72.0 Å². The fourth-order valence-electron chi connectivity index (χ4n) is 2.52. The highest BCUT2D eigenvalue weighted by Crippen LogP contribution is 2.08. The molecule has 0 unspecified atom stereocenters. The second-order valence-electron chi connectivity index (χ2n) is 5.80. The predicted molar refractivity (Wildman–Crippen MR) is 102 cm³/mol. The Labute approximate surface area is 152 Å². The average Bonchev–Trinajstić information content (AvgIpc) is 3.19. The van der Waals surface area contributed by atoms with E-state index in [-0.39, 0.29) is 5.82 Å². The maximum Gasteiger partial charge on any atom is 0.191 e. The van der Waals surface area contributed by atoms with Crippen LogP contribution in [0.4, 0.5) is 4.39 Å². The normalized spacial score (nSPS) is 11.4. The molecule has 0 spiro atoms. The summed E-state index contributed by atoms with van der Waals surface area (Å²) < 4.78 is 15.1. The van der Waals surface area contributed by atoms with E-state index < -0.39 is 0 Å². The van der Waals surface area contributed by atoms with E-state index in [4.69, 9.17) is 0 Å². The lowest BCUT2D eigenvalue weighted by Crippen LogP contribution is -2.36. The van der Waals surface area contributed by atoms with Gasteiger partial charge >= 0.3 is 0 Å². The minimum atomic E-state index is -0.243. The third-order valence-corrected chi connectivity index (χ3v) is 3.82. The molecule has 3 rings (SSSR count). The second kappa shape index (κ2) is 8.80. The Hall–Kier alpha value is -3.15. The van der Waals surface area contributed by atoms with Gasteiger partial charge in [-0.3, -0.25) is 0 Å². The molecule has 0 amide bonds. The number of hydrogen-bond donors (Lipinski definition) is 2. The Morgan fingerprint density at radius 3 is 2.62 bits per heavy atom. The van der Waals surface area contributed by atoms with Crippen molar-refractivity contribution < 1.29 is 4.39 Å². The van der Waals surface area contributed by atoms with Gasteiger partial charge in [0.15, 0.2) is 5.96 Å². The molecule has 0 aliphatic heterocycles. The van der Waals surface area contributed by atoms with Crippen molar-refractivity contribution in [2.75, 3.05) is 6.54 Å². The first-order valence-corrected chi connectivity index (χ1v) is 8.60. The van der Waals surface area contributed by atoms with Gasteiger partial charge in [0.1, 0.15) is 5.82 Å². The summed E-state index contributed by atoms with van der Waals surface area (Å²) in [5, 5.41) is 10.7. The standard InChI is InChI=1S/C20H22FN5/c1-2-22-20(24-15-17-5-3-6-18(21)13-17)23-14-16-7-9-19(10-8-16)26-12-4-11-25-26/h3-13H,2,14-15H2,1H3,(H2,22,23,24). The third-order valence-electron chi connectivity index (χ3n) is 3.82. The van der Waals surface area contributed by atoms with Crippen LogP contribution in [0.25, 0.3) is 5.69 Å². The Bertz CT molecular complexity index is 841. The van der Waals surface area contributed by atoms with Crippen LogP contribution in [0.1, 0.15) is 18.1 Å². The van der Waals surface area contributed by atoms with E-state index in [1.54, 1.807) is 12.3 Å². The van der Waals surface area contributed by atoms with Gasteiger partial charge in [-0.05, 0) is 48.4 Å². The zero-order valence-electron chi connectivity index (χ0n) is 14.7. The maximum atomic E-state index is 13.3. The highest BCUT2D eigenvalue weighted by atomic mass is 19.1. The van der Waals surface area contributed by atoms with Crippen LogP contribution in [0.2, 0.25) is 0 Å². The fourth-order valence-corrected chi connectivity index (χ4v) is 2.52. The van der Waals surface area contributed by atoms with Gasteiger partial charge < -0.3 is 10.6 Å². The van der Waals surface area contributed by atoms with Crippen LogP contribution >= 0.6 is 0 Å². The lowest BCUT2D eigenvalue weighted by Gasteiger charge is -2.12. The van der Waals surface area contributed by atoms with Crippen LogP contribution in [-0.2, 0) is 13.1 Å². The molecule has 0 aliphatic carbocycles. The molecule has 0 saturated heterocycles. The fraction of sp³-hybridized carbons (Fsp3) is 0.200. The Morgan fingerprint density at radius 1 is 1.08 bits per heavy atom. The largest absolute Gasteiger partial charge is 0.357 e. The van der Waals surface area contributed by atoms with Crippen molar-refractivity contribution in [1.29, 1.82) is 0 Å². The molecule has 0 bridgehead atoms. The predicted octanol–water partition coefficient (Wildman–Crippen LogP) is 3.27. The first-order chi connectivity index (χ1) is 12.7. The topological polar surface area (TPSA) is 54.2 Å². The molecule has 0 radical (unpaired) electrons. The molecule has 134 valence electrons. The summed E-state index contributed by atoms with van der Waals surface area (Å²) in [6.07, 6.45) is 3.67. The van der Waals surface area contributed by atoms with Gasteiger partial charge in [0.25, 0.3) is 0 Å². The van der Waals surface area contributed by atoms with Gasteiger partial charge in [-0.1, -0.05) is 24.3 Å². The Balaban J connectivity index is 1.60. The van der Waals surface area contributed by atoms with Gasteiger partial charge in [0.2, 0.25) is 0 Å². The van der Waals surface area contributed by atoms with Crippen LogP contribution in [0, 0.1) is 5.82 Å². The van der Waals surface area contributed by atoms with E-state index in [2.05, 4.69) is 32.9 Å². The molecule has 2 N–H and O–H groups in total. The number of benzene rings is 2. The minimum absolute atomic E-state index is 0.243. The number of nitrogens with one attached hydrogen (secondary N) is 2. The van der Waals surface area contributed by atoms with Gasteiger partial charge in [0, 0.05) is 25.5 Å². The SMILES string of the molecule is CCNC(=NCc1cccc(F)c1)NCc1ccc(-n2cccn2)cc1. The van der Waals surface area contributed by atoms with Gasteiger partial charge in [-0.25, -0.2) is 14.1 Å². The van der Waals surface area contributed by atoms with Crippen molar-refractivity contribution in [1.82, 2.24) is 20.4 Å². The lowest BCUT2D eigenvalue weighted by atomic mass is 10.2. The van der Waals surface area contributed by atoms with Crippen molar-refractivity contribution in [2.24, 2.45) is 4.99 Å². The van der Waals surface area contributed by atoms with E-state index in [1.165, 1.54) is 12.1 Å². The van der Waals surface area contributed by atoms with E-state index in [0.717, 1.165) is 23.4 Å². The lowest BCUT2D eigenvalue weighted by molar-refractivity contribution is 0.625. The smallest absolute Gasteiger partial charge is 0.191 e. The second-order valence-corrected chi connectivity index (χ2v) is 5.80. The molecule has 26 heavy (non-hydrogen) atoms. The first kappa shape index (κ1) is 17.7. The molecule has 0 atom stereocenters. The van der Waals surface area contributed by atoms with Crippen molar-refractivity contribution in [3.8, 4) is 5.69 Å². The number of guanidine groups is 1. The minimum Gasteiger partial charge on any atom is -0.357 e. The third kappa shape index (κ3) is 4.92. The molecule has 6 heteroatoms. The van der Waals surface area contributed by atoms with Crippen molar-refractivity contribution in [2.45, 2.75) is 20.0 Å². The molecule has 5 nitrogen and oxygen atoms in total. The molecule has 0 aliphatic rings. The molecule has 0 saturated carbocycles. The molecule has 2 aromatic carbocycles. The zero-order chi connectivity index (χ0) is 18.2. The van der Waals surface area contributed by atoms with Crippen LogP contribution < -0.4 is 10.6 Å². The number of aliphatic imine (C=N–C) groups is 1. The number of nitrogens with zero attached hydrogens (tertiary/aromatic N) is 3. The number of hydrogen-bond acceptors (Lipinski definition) is 2. The molecular formula is C20H22FN5. The summed E-state index contributed by atoms with van der Waals surface area (Å²) in [7, 11) is 0. The highest BCUT2D eigenvalue weighted by Gasteiger charge is 2.01. The van der Waals surface area contributed by atoms with E-state index in [1.807, 2.05) is 42.1 Å². The van der Waals surface area contributed by atoms with Gasteiger partial charge in [-0.15, -0.1) is 0 Å². The average molecular weight is 351 g/mol. The summed E-state index contributed by atoms with van der Waals surface area (Å²) in [5.74, 6) is 0.459. The quantitative estimate of drug-likeness (QED) is 0.529. The molecule has 1 aromatic heterocycles. The van der Waals surface area contributed by atoms with E-state index in [0.29, 0.717) is 19.0 Å². The summed E-state index contributed by atoms with van der Waals surface area (Å²) >= 11 is 0. The van der Waals surface area contributed by atoms with Gasteiger partial charge in [0.05, 0.1) is 12.2 Å². The van der Waals surface area contributed by atoms with Crippen molar-refractivity contribution in [3.05, 3.63) is 83.9 Å². The summed E-state index contributed by atoms with van der Waals surface area (Å²) in [4.78, 5) is 4.51. The van der Waals surface area contributed by atoms with Crippen molar-refractivity contribution in [3.63, 3.8) is 0 Å². The van der Waals surface area contributed by atoms with Crippen LogP contribution in [-0.4, -0.2) is 22.3 Å². The molecular weight excluding hydrogens is 329 g/mol. The number of aromatic nitrogens is 2. The molecule has 1 heterocycles. The van der Waals surface area contributed by atoms with E-state index >= 15 is 0 Å². The number of halogens is 1. The highest BCUT2D eigenvalue weighted by molar-refractivity contribution is 5.79. The maximum absolute atomic E-state index is 13.3. The van der Waals surface area contributed by atoms with Crippen LogP contribution in [0.5, 0.6) is 0 Å². The molecule has 0 fully saturated rings. The zero-order valence-corrected chi connectivity index (χ0v) is 14.7. The van der Waals surface area contributed by atoms with E-state index in [9.17, 15) is 4.39 Å². The van der Waals surface area contributed by atoms with Crippen molar-refractivity contribution >= 4 is 5.96 Å². The van der Waals surface area contributed by atoms with Gasteiger partial charge in [-0.2, -0.15) is 5.10 Å². The Kier molecular flexibility index (Phi) is 5.98. The summed E-state index contributed by atoms with van der Waals surface area (Å²) in [6, 6.07) is 16.6. The monoisotopic (exact) mass is 351 g/mol. The summed E-state index contributed by atoms with van der Waals surface area (Å²) in [6.45, 7) is 3.84. The Morgan fingerprint density at radius 2 is 1.92 bits per heavy atom. The summed E-state index contributed by atoms with van der Waals surface area (Å²) in [5.41, 5.74) is 2.99. The van der Waals surface area contributed by atoms with Crippen LogP contribution in [0.3, 0.4) is 0 Å². The molecule has 3 aromatic rings. The first-order valence-electron chi connectivity index (χ1n) is 8.60. The number of rotatable bonds is 6.